The fourth-order valence-electron chi connectivity index (χ4n) is 5.26. The average Bonchev–Trinajstić information content (AvgIpc) is 3.11. The molecule has 1 aliphatic heterocycles. The first-order chi connectivity index (χ1) is 14.3. The number of hydrogen-bond acceptors (Lipinski definition) is 4. The van der Waals surface area contributed by atoms with Crippen molar-refractivity contribution in [2.75, 3.05) is 30.3 Å². The van der Waals surface area contributed by atoms with E-state index in [1.165, 1.54) is 11.3 Å². The van der Waals surface area contributed by atoms with Gasteiger partial charge in [-0.1, -0.05) is 26.8 Å². The van der Waals surface area contributed by atoms with E-state index in [1.807, 2.05) is 18.2 Å². The molecule has 1 aliphatic carbocycles. The van der Waals surface area contributed by atoms with Gasteiger partial charge in [0.15, 0.2) is 5.78 Å². The second-order valence-corrected chi connectivity index (χ2v) is 9.32. The molecule has 1 fully saturated rings. The minimum atomic E-state index is -0.299. The number of anilines is 2. The molecule has 2 aliphatic rings. The van der Waals surface area contributed by atoms with Crippen molar-refractivity contribution in [3.8, 4) is 0 Å². The largest absolute Gasteiger partial charge is 0.399 e. The number of aromatic nitrogens is 1. The highest BCUT2D eigenvalue weighted by Crippen LogP contribution is 2.45. The third-order valence-corrected chi connectivity index (χ3v) is 6.90. The van der Waals surface area contributed by atoms with Crippen LogP contribution in [0.15, 0.2) is 30.3 Å². The Morgan fingerprint density at radius 1 is 1.23 bits per heavy atom. The van der Waals surface area contributed by atoms with Gasteiger partial charge in [-0.3, -0.25) is 4.79 Å². The molecular formula is C25H30N4O. The van der Waals surface area contributed by atoms with Crippen LogP contribution < -0.4 is 16.0 Å². The number of H-pyrrole nitrogens is 1. The first-order valence-electron chi connectivity index (χ1n) is 10.9. The molecular weight excluding hydrogens is 372 g/mol. The van der Waals surface area contributed by atoms with Gasteiger partial charge in [-0.15, -0.1) is 0 Å². The van der Waals surface area contributed by atoms with Crippen LogP contribution in [-0.2, 0) is 11.8 Å². The van der Waals surface area contributed by atoms with E-state index in [4.69, 9.17) is 5.73 Å². The van der Waals surface area contributed by atoms with Crippen LogP contribution in [0.25, 0.3) is 10.9 Å². The summed E-state index contributed by atoms with van der Waals surface area (Å²) in [4.78, 5) is 19.7. The maximum absolute atomic E-state index is 13.7. The summed E-state index contributed by atoms with van der Waals surface area (Å²) in [6.45, 7) is 11.8. The van der Waals surface area contributed by atoms with Crippen LogP contribution >= 0.6 is 0 Å². The summed E-state index contributed by atoms with van der Waals surface area (Å²) in [7, 11) is 0. The lowest BCUT2D eigenvalue weighted by Crippen LogP contribution is -2.49. The van der Waals surface area contributed by atoms with Gasteiger partial charge in [0.25, 0.3) is 0 Å². The number of aromatic amines is 1. The summed E-state index contributed by atoms with van der Waals surface area (Å²) >= 11 is 0. The van der Waals surface area contributed by atoms with Gasteiger partial charge < -0.3 is 20.9 Å². The molecule has 3 aromatic rings. The molecule has 5 heteroatoms. The van der Waals surface area contributed by atoms with Crippen molar-refractivity contribution in [2.45, 2.75) is 45.6 Å². The van der Waals surface area contributed by atoms with Crippen LogP contribution in [0.4, 0.5) is 11.4 Å². The molecule has 2 heterocycles. The number of nitrogens with two attached hydrogens (primary N) is 1. The van der Waals surface area contributed by atoms with Crippen molar-refractivity contribution >= 4 is 28.1 Å². The van der Waals surface area contributed by atoms with E-state index >= 15 is 0 Å². The number of fused-ring (bicyclic) bond motifs is 4. The van der Waals surface area contributed by atoms with Crippen molar-refractivity contribution in [3.05, 3.63) is 58.3 Å². The Hall–Kier alpha value is -2.79. The standard InChI is InChI=1S/C25H30N4O/c1-5-15-10-18-19(12-21(15)29-9-8-27-14(2)13-29)25(3,4)24-22(23(18)30)17-7-6-16(26)11-20(17)28-24/h6-7,10-12,14,27-28H,5,8-9,13,26H2,1-4H3/t14-/m0/s1. The number of nitrogens with zero attached hydrogens (tertiary/aromatic N) is 1. The molecule has 0 bridgehead atoms. The average molecular weight is 403 g/mol. The van der Waals surface area contributed by atoms with E-state index in [9.17, 15) is 4.79 Å². The summed E-state index contributed by atoms with van der Waals surface area (Å²) in [6.07, 6.45) is 0.909. The Balaban J connectivity index is 1.72. The summed E-state index contributed by atoms with van der Waals surface area (Å²) in [5.74, 6) is 0.116. The highest BCUT2D eigenvalue weighted by molar-refractivity contribution is 6.20. The monoisotopic (exact) mass is 402 g/mol. The Kier molecular flexibility index (Phi) is 4.23. The highest BCUT2D eigenvalue weighted by atomic mass is 16.1. The Morgan fingerprint density at radius 3 is 2.77 bits per heavy atom. The van der Waals surface area contributed by atoms with Gasteiger partial charge in [-0.2, -0.15) is 0 Å². The van der Waals surface area contributed by atoms with Crippen molar-refractivity contribution in [1.82, 2.24) is 10.3 Å². The molecule has 5 nitrogen and oxygen atoms in total. The predicted molar refractivity (Wildman–Crippen MR) is 124 cm³/mol. The van der Waals surface area contributed by atoms with Gasteiger partial charge in [-0.25, -0.2) is 0 Å². The molecule has 0 spiro atoms. The van der Waals surface area contributed by atoms with E-state index in [-0.39, 0.29) is 11.2 Å². The zero-order chi connectivity index (χ0) is 21.2. The van der Waals surface area contributed by atoms with Crippen LogP contribution in [0.2, 0.25) is 0 Å². The van der Waals surface area contributed by atoms with Crippen LogP contribution in [0.1, 0.15) is 60.4 Å². The maximum Gasteiger partial charge on any atom is 0.195 e. The number of ketones is 1. The van der Waals surface area contributed by atoms with Gasteiger partial charge in [-0.05, 0) is 48.7 Å². The molecule has 156 valence electrons. The molecule has 1 saturated heterocycles. The van der Waals surface area contributed by atoms with Gasteiger partial charge in [0.2, 0.25) is 0 Å². The maximum atomic E-state index is 13.7. The molecule has 4 N–H and O–H groups in total. The number of hydrogen-bond donors (Lipinski definition) is 3. The summed E-state index contributed by atoms with van der Waals surface area (Å²) in [5.41, 5.74) is 13.6. The summed E-state index contributed by atoms with van der Waals surface area (Å²) in [6, 6.07) is 10.7. The van der Waals surface area contributed by atoms with Gasteiger partial charge >= 0.3 is 0 Å². The van der Waals surface area contributed by atoms with Crippen molar-refractivity contribution in [3.63, 3.8) is 0 Å². The first kappa shape index (κ1) is 19.2. The van der Waals surface area contributed by atoms with Gasteiger partial charge in [0, 0.05) is 64.6 Å². The molecule has 30 heavy (non-hydrogen) atoms. The SMILES string of the molecule is CCc1cc2c(cc1N1CCN[C@@H](C)C1)C(C)(C)c1[nH]c3cc(N)ccc3c1C2=O. The topological polar surface area (TPSA) is 74.2 Å². The number of nitrogen functional groups attached to an aromatic ring is 1. The highest BCUT2D eigenvalue weighted by Gasteiger charge is 2.40. The molecule has 2 aromatic carbocycles. The Morgan fingerprint density at radius 2 is 2.03 bits per heavy atom. The van der Waals surface area contributed by atoms with Crippen molar-refractivity contribution < 1.29 is 4.79 Å². The molecule has 0 saturated carbocycles. The molecule has 1 aromatic heterocycles. The van der Waals surface area contributed by atoms with Crippen LogP contribution in [0.3, 0.4) is 0 Å². The number of rotatable bonds is 2. The number of piperazine rings is 1. The Bertz CT molecular complexity index is 1170. The van der Waals surface area contributed by atoms with E-state index < -0.39 is 0 Å². The van der Waals surface area contributed by atoms with Crippen molar-refractivity contribution in [1.29, 1.82) is 0 Å². The number of benzene rings is 2. The van der Waals surface area contributed by atoms with Crippen molar-refractivity contribution in [2.24, 2.45) is 0 Å². The number of carbonyl (C=O) groups is 1. The number of aryl methyl sites for hydroxylation is 1. The number of carbonyl (C=O) groups excluding carboxylic acids is 1. The van der Waals surface area contributed by atoms with E-state index in [1.54, 1.807) is 0 Å². The minimum absolute atomic E-state index is 0.116. The third kappa shape index (κ3) is 2.68. The second-order valence-electron chi connectivity index (χ2n) is 9.32. The van der Waals surface area contributed by atoms with E-state index in [0.717, 1.165) is 59.3 Å². The summed E-state index contributed by atoms with van der Waals surface area (Å²) in [5, 5.41) is 4.49. The first-order valence-corrected chi connectivity index (χ1v) is 10.9. The molecule has 0 unspecified atom stereocenters. The zero-order valence-corrected chi connectivity index (χ0v) is 18.2. The van der Waals surface area contributed by atoms with E-state index in [2.05, 4.69) is 55.0 Å². The number of nitrogens with one attached hydrogen (secondary N) is 2. The van der Waals surface area contributed by atoms with E-state index in [0.29, 0.717) is 11.7 Å². The zero-order valence-electron chi connectivity index (χ0n) is 18.2. The molecule has 1 atom stereocenters. The van der Waals surface area contributed by atoms with Gasteiger partial charge in [0.05, 0.1) is 5.56 Å². The fraction of sp³-hybridized carbons (Fsp3) is 0.400. The second kappa shape index (κ2) is 6.61. The lowest BCUT2D eigenvalue weighted by molar-refractivity contribution is 0.103. The molecule has 0 amide bonds. The smallest absolute Gasteiger partial charge is 0.195 e. The minimum Gasteiger partial charge on any atom is -0.399 e. The normalized spacial score (nSPS) is 20.3. The molecule has 5 rings (SSSR count). The van der Waals surface area contributed by atoms with Gasteiger partial charge in [0.1, 0.15) is 0 Å². The summed E-state index contributed by atoms with van der Waals surface area (Å²) < 4.78 is 0. The quantitative estimate of drug-likeness (QED) is 0.567. The van der Waals surface area contributed by atoms with Crippen LogP contribution in [0, 0.1) is 0 Å². The lowest BCUT2D eigenvalue weighted by atomic mass is 9.70. The third-order valence-electron chi connectivity index (χ3n) is 6.90. The Labute approximate surface area is 177 Å². The van der Waals surface area contributed by atoms with Crippen LogP contribution in [0.5, 0.6) is 0 Å². The lowest BCUT2D eigenvalue weighted by Gasteiger charge is -2.38. The predicted octanol–water partition coefficient (Wildman–Crippen LogP) is 3.98. The fourth-order valence-corrected chi connectivity index (χ4v) is 5.26. The molecule has 0 radical (unpaired) electrons. The van der Waals surface area contributed by atoms with Crippen LogP contribution in [-0.4, -0.2) is 36.4 Å².